The van der Waals surface area contributed by atoms with Crippen molar-refractivity contribution >= 4 is 11.9 Å². The van der Waals surface area contributed by atoms with Crippen molar-refractivity contribution in [2.24, 2.45) is 0 Å². The van der Waals surface area contributed by atoms with Crippen LogP contribution >= 0.6 is 0 Å². The highest BCUT2D eigenvalue weighted by molar-refractivity contribution is 5.76. The van der Waals surface area contributed by atoms with Gasteiger partial charge in [-0.2, -0.15) is 0 Å². The molecule has 0 aliphatic heterocycles. The number of carbonyl (C=O) groups excluding carboxylic acids is 1. The predicted octanol–water partition coefficient (Wildman–Crippen LogP) is 2.53. The molecule has 0 amide bonds. The van der Waals surface area contributed by atoms with Gasteiger partial charge in [0.1, 0.15) is 5.75 Å². The second-order valence-corrected chi connectivity index (χ2v) is 4.51. The van der Waals surface area contributed by atoms with Gasteiger partial charge >= 0.3 is 0 Å². The molecule has 5 heteroatoms. The van der Waals surface area contributed by atoms with E-state index in [2.05, 4.69) is 10.1 Å². The van der Waals surface area contributed by atoms with Gasteiger partial charge < -0.3 is 4.74 Å². The van der Waals surface area contributed by atoms with E-state index >= 15 is 0 Å². The molecule has 100 valence electrons. The monoisotopic (exact) mass is 267 g/mol. The lowest BCUT2D eigenvalue weighted by molar-refractivity contribution is 0.112. The molecule has 3 rings (SSSR count). The highest BCUT2D eigenvalue weighted by atomic mass is 16.5. The fourth-order valence-corrected chi connectivity index (χ4v) is 2.10. The zero-order valence-corrected chi connectivity index (χ0v) is 11.2. The summed E-state index contributed by atoms with van der Waals surface area (Å²) in [4.78, 5) is 15.4. The Morgan fingerprint density at radius 1 is 1.25 bits per heavy atom. The smallest absolute Gasteiger partial charge is 0.182 e. The van der Waals surface area contributed by atoms with Gasteiger partial charge in [0, 0.05) is 17.3 Å². The average molecular weight is 267 g/mol. The molecule has 0 unspecified atom stereocenters. The van der Waals surface area contributed by atoms with Gasteiger partial charge in [-0.05, 0) is 42.8 Å². The van der Waals surface area contributed by atoms with Gasteiger partial charge in [-0.15, -0.1) is 5.10 Å². The Bertz CT molecular complexity index is 776. The van der Waals surface area contributed by atoms with Gasteiger partial charge in [-0.3, -0.25) is 4.79 Å². The molecule has 5 nitrogen and oxygen atoms in total. The van der Waals surface area contributed by atoms with Crippen LogP contribution in [0.3, 0.4) is 0 Å². The summed E-state index contributed by atoms with van der Waals surface area (Å²) < 4.78 is 6.77. The number of nitrogens with zero attached hydrogens (tertiary/aromatic N) is 3. The number of benzene rings is 1. The molecule has 0 aliphatic carbocycles. The summed E-state index contributed by atoms with van der Waals surface area (Å²) in [5.41, 5.74) is 3.16. The standard InChI is InChI=1S/C15H13N3O2/c1-10-7-11(9-19)8-18-15(10)16-14(17-18)12-3-5-13(20-2)6-4-12/h3-9H,1-2H3. The van der Waals surface area contributed by atoms with Crippen molar-refractivity contribution in [3.05, 3.63) is 47.7 Å². The van der Waals surface area contributed by atoms with Crippen molar-refractivity contribution in [2.45, 2.75) is 6.92 Å². The molecule has 2 heterocycles. The maximum absolute atomic E-state index is 10.9. The third-order valence-electron chi connectivity index (χ3n) is 3.12. The van der Waals surface area contributed by atoms with Crippen LogP contribution in [0.2, 0.25) is 0 Å². The zero-order valence-electron chi connectivity index (χ0n) is 11.2. The van der Waals surface area contributed by atoms with Crippen molar-refractivity contribution in [3.8, 4) is 17.1 Å². The number of methoxy groups -OCH3 is 1. The number of ether oxygens (including phenoxy) is 1. The Morgan fingerprint density at radius 3 is 2.65 bits per heavy atom. The molecule has 0 radical (unpaired) electrons. The summed E-state index contributed by atoms with van der Waals surface area (Å²) >= 11 is 0. The Kier molecular flexibility index (Phi) is 2.95. The van der Waals surface area contributed by atoms with Gasteiger partial charge in [0.2, 0.25) is 0 Å². The van der Waals surface area contributed by atoms with Gasteiger partial charge in [0.15, 0.2) is 17.8 Å². The molecular weight excluding hydrogens is 254 g/mol. The van der Waals surface area contributed by atoms with E-state index < -0.39 is 0 Å². The van der Waals surface area contributed by atoms with E-state index in [4.69, 9.17) is 4.74 Å². The largest absolute Gasteiger partial charge is 0.497 e. The Balaban J connectivity index is 2.12. The Hall–Kier alpha value is -2.69. The minimum Gasteiger partial charge on any atom is -0.497 e. The molecular formula is C15H13N3O2. The molecule has 3 aromatic rings. The number of pyridine rings is 1. The maximum atomic E-state index is 10.9. The minimum atomic E-state index is 0.584. The molecule has 0 aliphatic rings. The molecule has 0 spiro atoms. The number of carbonyl (C=O) groups is 1. The fourth-order valence-electron chi connectivity index (χ4n) is 2.10. The van der Waals surface area contributed by atoms with Crippen LogP contribution in [0.1, 0.15) is 15.9 Å². The second-order valence-electron chi connectivity index (χ2n) is 4.51. The van der Waals surface area contributed by atoms with Crippen LogP contribution in [0, 0.1) is 6.92 Å². The highest BCUT2D eigenvalue weighted by Gasteiger charge is 2.09. The highest BCUT2D eigenvalue weighted by Crippen LogP contribution is 2.21. The van der Waals surface area contributed by atoms with Gasteiger partial charge in [0.25, 0.3) is 0 Å². The van der Waals surface area contributed by atoms with E-state index in [1.165, 1.54) is 0 Å². The number of fused-ring (bicyclic) bond motifs is 1. The summed E-state index contributed by atoms with van der Waals surface area (Å²) in [6.45, 7) is 1.91. The first-order chi connectivity index (χ1) is 9.71. The van der Waals surface area contributed by atoms with Crippen LogP contribution in [-0.4, -0.2) is 28.0 Å². The van der Waals surface area contributed by atoms with E-state index in [0.29, 0.717) is 11.4 Å². The van der Waals surface area contributed by atoms with Crippen molar-refractivity contribution in [1.29, 1.82) is 0 Å². The predicted molar refractivity (Wildman–Crippen MR) is 75.1 cm³/mol. The van der Waals surface area contributed by atoms with Crippen molar-refractivity contribution in [3.63, 3.8) is 0 Å². The fraction of sp³-hybridized carbons (Fsp3) is 0.133. The number of aryl methyl sites for hydroxylation is 1. The topological polar surface area (TPSA) is 56.5 Å². The van der Waals surface area contributed by atoms with E-state index in [1.807, 2.05) is 31.2 Å². The summed E-state index contributed by atoms with van der Waals surface area (Å²) in [5, 5.41) is 4.41. The molecule has 0 N–H and O–H groups in total. The first kappa shape index (κ1) is 12.3. The molecule has 20 heavy (non-hydrogen) atoms. The molecule has 0 bridgehead atoms. The molecule has 0 saturated heterocycles. The van der Waals surface area contributed by atoms with Crippen LogP contribution in [0.25, 0.3) is 17.0 Å². The summed E-state index contributed by atoms with van der Waals surface area (Å²) in [6.07, 6.45) is 2.48. The van der Waals surface area contributed by atoms with E-state index in [-0.39, 0.29) is 0 Å². The van der Waals surface area contributed by atoms with Gasteiger partial charge in [-0.25, -0.2) is 9.50 Å². The molecule has 0 atom stereocenters. The van der Waals surface area contributed by atoms with Crippen molar-refractivity contribution < 1.29 is 9.53 Å². The van der Waals surface area contributed by atoms with Gasteiger partial charge in [0.05, 0.1) is 7.11 Å². The zero-order chi connectivity index (χ0) is 14.1. The Morgan fingerprint density at radius 2 is 2.00 bits per heavy atom. The second kappa shape index (κ2) is 4.77. The van der Waals surface area contributed by atoms with Crippen molar-refractivity contribution in [2.75, 3.05) is 7.11 Å². The lowest BCUT2D eigenvalue weighted by atomic mass is 10.2. The quantitative estimate of drug-likeness (QED) is 0.684. The Labute approximate surface area is 115 Å². The summed E-state index contributed by atoms with van der Waals surface area (Å²) in [5.74, 6) is 1.41. The van der Waals surface area contributed by atoms with Crippen LogP contribution in [0.5, 0.6) is 5.75 Å². The molecule has 2 aromatic heterocycles. The number of aromatic nitrogens is 3. The van der Waals surface area contributed by atoms with Crippen LogP contribution < -0.4 is 4.74 Å². The summed E-state index contributed by atoms with van der Waals surface area (Å²) in [7, 11) is 1.63. The van der Waals surface area contributed by atoms with Crippen LogP contribution in [0.15, 0.2) is 36.5 Å². The third-order valence-corrected chi connectivity index (χ3v) is 3.12. The normalized spacial score (nSPS) is 10.7. The third kappa shape index (κ3) is 2.03. The first-order valence-electron chi connectivity index (χ1n) is 6.18. The molecule has 1 aromatic carbocycles. The minimum absolute atomic E-state index is 0.584. The number of hydrogen-bond donors (Lipinski definition) is 0. The lowest BCUT2D eigenvalue weighted by Crippen LogP contribution is -1.93. The SMILES string of the molecule is COc1ccc(-c2nc3c(C)cc(C=O)cn3n2)cc1. The maximum Gasteiger partial charge on any atom is 0.182 e. The van der Waals surface area contributed by atoms with E-state index in [0.717, 1.165) is 28.8 Å². The number of rotatable bonds is 3. The van der Waals surface area contributed by atoms with Gasteiger partial charge in [-0.1, -0.05) is 0 Å². The molecule has 0 fully saturated rings. The average Bonchev–Trinajstić information content (AvgIpc) is 2.92. The lowest BCUT2D eigenvalue weighted by Gasteiger charge is -1.99. The molecule has 0 saturated carbocycles. The number of aldehydes is 1. The van der Waals surface area contributed by atoms with Crippen LogP contribution in [-0.2, 0) is 0 Å². The first-order valence-corrected chi connectivity index (χ1v) is 6.18. The van der Waals surface area contributed by atoms with Crippen molar-refractivity contribution in [1.82, 2.24) is 14.6 Å². The van der Waals surface area contributed by atoms with E-state index in [1.54, 1.807) is 23.9 Å². The van der Waals surface area contributed by atoms with E-state index in [9.17, 15) is 4.79 Å². The van der Waals surface area contributed by atoms with Crippen LogP contribution in [0.4, 0.5) is 0 Å². The number of hydrogen-bond acceptors (Lipinski definition) is 4. The summed E-state index contributed by atoms with van der Waals surface area (Å²) in [6, 6.07) is 9.34.